The lowest BCUT2D eigenvalue weighted by Gasteiger charge is -2.07. The molecule has 0 radical (unpaired) electrons. The molecular formula is C12H14N2S. The fourth-order valence-electron chi connectivity index (χ4n) is 1.51. The summed E-state index contributed by atoms with van der Waals surface area (Å²) in [6, 6.07) is 10.0. The quantitative estimate of drug-likeness (QED) is 0.828. The second kappa shape index (κ2) is 4.53. The molecule has 0 fully saturated rings. The lowest BCUT2D eigenvalue weighted by atomic mass is 10.1. The molecule has 2 N–H and O–H groups in total. The Hall–Kier alpha value is -1.22. The standard InChI is InChI=1S/C12H14N2S/c1-9(12-14-7-8-15-12)11(13)10-5-3-2-4-6-10/h2-6H,7-8,13H2,1H3/b11-9-. The van der Waals surface area contributed by atoms with Crippen LogP contribution < -0.4 is 5.73 Å². The van der Waals surface area contributed by atoms with Crippen LogP contribution in [0, 0.1) is 0 Å². The van der Waals surface area contributed by atoms with Crippen molar-refractivity contribution in [2.45, 2.75) is 6.92 Å². The number of nitrogens with two attached hydrogens (primary N) is 1. The Morgan fingerprint density at radius 3 is 2.67 bits per heavy atom. The first-order valence-corrected chi connectivity index (χ1v) is 5.97. The molecule has 1 aromatic carbocycles. The van der Waals surface area contributed by atoms with Crippen LogP contribution in [0.15, 0.2) is 40.9 Å². The van der Waals surface area contributed by atoms with Gasteiger partial charge in [-0.3, -0.25) is 4.99 Å². The van der Waals surface area contributed by atoms with Gasteiger partial charge in [0.2, 0.25) is 0 Å². The third kappa shape index (κ3) is 2.23. The summed E-state index contributed by atoms with van der Waals surface area (Å²) >= 11 is 1.79. The summed E-state index contributed by atoms with van der Waals surface area (Å²) in [5, 5.41) is 1.09. The molecule has 3 heteroatoms. The summed E-state index contributed by atoms with van der Waals surface area (Å²) < 4.78 is 0. The maximum Gasteiger partial charge on any atom is 0.0955 e. The zero-order valence-electron chi connectivity index (χ0n) is 8.73. The third-order valence-electron chi connectivity index (χ3n) is 2.40. The van der Waals surface area contributed by atoms with Crippen LogP contribution >= 0.6 is 11.8 Å². The van der Waals surface area contributed by atoms with Gasteiger partial charge in [0.05, 0.1) is 5.04 Å². The van der Waals surface area contributed by atoms with Gasteiger partial charge in [-0.25, -0.2) is 0 Å². The fourth-order valence-corrected chi connectivity index (χ4v) is 2.40. The number of thioether (sulfide) groups is 1. The van der Waals surface area contributed by atoms with Gasteiger partial charge in [-0.05, 0) is 12.5 Å². The van der Waals surface area contributed by atoms with Gasteiger partial charge in [0.25, 0.3) is 0 Å². The summed E-state index contributed by atoms with van der Waals surface area (Å²) in [6.45, 7) is 2.96. The highest BCUT2D eigenvalue weighted by Crippen LogP contribution is 2.23. The predicted octanol–water partition coefficient (Wildman–Crippen LogP) is 2.52. The van der Waals surface area contributed by atoms with Gasteiger partial charge in [-0.1, -0.05) is 30.3 Å². The highest BCUT2D eigenvalue weighted by molar-refractivity contribution is 8.14. The maximum atomic E-state index is 6.10. The van der Waals surface area contributed by atoms with E-state index in [0.717, 1.165) is 34.2 Å². The van der Waals surface area contributed by atoms with Gasteiger partial charge < -0.3 is 5.73 Å². The first-order valence-electron chi connectivity index (χ1n) is 4.98. The van der Waals surface area contributed by atoms with Crippen molar-refractivity contribution in [3.8, 4) is 0 Å². The zero-order chi connectivity index (χ0) is 10.7. The van der Waals surface area contributed by atoms with Crippen LogP contribution in [0.25, 0.3) is 5.70 Å². The summed E-state index contributed by atoms with van der Waals surface area (Å²) in [4.78, 5) is 4.42. The molecule has 0 amide bonds. The summed E-state index contributed by atoms with van der Waals surface area (Å²) in [5.41, 5.74) is 9.12. The average molecular weight is 218 g/mol. The Morgan fingerprint density at radius 1 is 1.33 bits per heavy atom. The number of benzene rings is 1. The van der Waals surface area contributed by atoms with Gasteiger partial charge in [0.1, 0.15) is 0 Å². The van der Waals surface area contributed by atoms with Crippen molar-refractivity contribution in [3.05, 3.63) is 41.5 Å². The van der Waals surface area contributed by atoms with Crippen LogP contribution in [0.5, 0.6) is 0 Å². The first-order chi connectivity index (χ1) is 7.29. The van der Waals surface area contributed by atoms with E-state index in [1.165, 1.54) is 0 Å². The molecule has 1 aliphatic rings. The summed E-state index contributed by atoms with van der Waals surface area (Å²) in [6.07, 6.45) is 0. The Labute approximate surface area is 94.3 Å². The van der Waals surface area contributed by atoms with Crippen LogP contribution in [0.3, 0.4) is 0 Å². The number of aliphatic imine (C=N–C) groups is 1. The number of rotatable bonds is 2. The Bertz CT molecular complexity index is 407. The molecule has 2 nitrogen and oxygen atoms in total. The van der Waals surface area contributed by atoms with Gasteiger partial charge in [-0.15, -0.1) is 11.8 Å². The van der Waals surface area contributed by atoms with E-state index in [-0.39, 0.29) is 0 Å². The highest BCUT2D eigenvalue weighted by Gasteiger charge is 2.12. The molecule has 0 atom stereocenters. The minimum atomic E-state index is 0.837. The maximum absolute atomic E-state index is 6.10. The normalized spacial score (nSPS) is 17.3. The van der Waals surface area contributed by atoms with E-state index in [9.17, 15) is 0 Å². The monoisotopic (exact) mass is 218 g/mol. The highest BCUT2D eigenvalue weighted by atomic mass is 32.2. The molecular weight excluding hydrogens is 204 g/mol. The molecule has 0 unspecified atom stereocenters. The van der Waals surface area contributed by atoms with Gasteiger partial charge in [-0.2, -0.15) is 0 Å². The topological polar surface area (TPSA) is 38.4 Å². The fraction of sp³-hybridized carbons (Fsp3) is 0.250. The molecule has 0 spiro atoms. The molecule has 78 valence electrons. The van der Waals surface area contributed by atoms with E-state index in [2.05, 4.69) is 4.99 Å². The Balaban J connectivity index is 2.32. The lowest BCUT2D eigenvalue weighted by Crippen LogP contribution is -2.04. The molecule has 0 saturated carbocycles. The molecule has 2 rings (SSSR count). The van der Waals surface area contributed by atoms with E-state index in [1.54, 1.807) is 11.8 Å². The first kappa shape index (κ1) is 10.3. The second-order valence-corrected chi connectivity index (χ2v) is 4.52. The number of hydrogen-bond acceptors (Lipinski definition) is 3. The third-order valence-corrected chi connectivity index (χ3v) is 3.49. The van der Waals surface area contributed by atoms with Crippen molar-refractivity contribution in [2.75, 3.05) is 12.3 Å². The van der Waals surface area contributed by atoms with Gasteiger partial charge >= 0.3 is 0 Å². The molecule has 1 aliphatic heterocycles. The van der Waals surface area contributed by atoms with E-state index in [1.807, 2.05) is 37.3 Å². The number of hydrogen-bond donors (Lipinski definition) is 1. The molecule has 0 bridgehead atoms. The minimum Gasteiger partial charge on any atom is -0.398 e. The van der Waals surface area contributed by atoms with Crippen LogP contribution in [0.2, 0.25) is 0 Å². The van der Waals surface area contributed by atoms with Crippen molar-refractivity contribution in [1.29, 1.82) is 0 Å². The van der Waals surface area contributed by atoms with Crippen molar-refractivity contribution in [1.82, 2.24) is 0 Å². The van der Waals surface area contributed by atoms with E-state index in [0.29, 0.717) is 0 Å². The predicted molar refractivity (Wildman–Crippen MR) is 68.0 cm³/mol. The Morgan fingerprint density at radius 2 is 2.07 bits per heavy atom. The van der Waals surface area contributed by atoms with E-state index >= 15 is 0 Å². The van der Waals surface area contributed by atoms with Gasteiger partial charge in [0, 0.05) is 23.6 Å². The van der Waals surface area contributed by atoms with E-state index in [4.69, 9.17) is 5.73 Å². The van der Waals surface area contributed by atoms with Crippen molar-refractivity contribution >= 4 is 22.5 Å². The SMILES string of the molecule is C/C(C1=NCCS1)=C(/N)c1ccccc1. The molecule has 0 aromatic heterocycles. The van der Waals surface area contributed by atoms with Crippen molar-refractivity contribution < 1.29 is 0 Å². The summed E-state index contributed by atoms with van der Waals surface area (Å²) in [5.74, 6) is 1.08. The molecule has 0 aliphatic carbocycles. The molecule has 1 heterocycles. The minimum absolute atomic E-state index is 0.837. The van der Waals surface area contributed by atoms with Crippen LogP contribution in [0.4, 0.5) is 0 Å². The van der Waals surface area contributed by atoms with Crippen molar-refractivity contribution in [3.63, 3.8) is 0 Å². The second-order valence-electron chi connectivity index (χ2n) is 3.44. The van der Waals surface area contributed by atoms with Crippen LogP contribution in [-0.2, 0) is 0 Å². The average Bonchev–Trinajstić information content (AvgIpc) is 2.82. The molecule has 15 heavy (non-hydrogen) atoms. The lowest BCUT2D eigenvalue weighted by molar-refractivity contribution is 1.17. The molecule has 0 saturated heterocycles. The Kier molecular flexibility index (Phi) is 3.11. The zero-order valence-corrected chi connectivity index (χ0v) is 9.55. The van der Waals surface area contributed by atoms with Crippen molar-refractivity contribution in [2.24, 2.45) is 10.7 Å². The largest absolute Gasteiger partial charge is 0.398 e. The number of nitrogens with zero attached hydrogens (tertiary/aromatic N) is 1. The summed E-state index contributed by atoms with van der Waals surface area (Å²) in [7, 11) is 0. The molecule has 1 aromatic rings. The van der Waals surface area contributed by atoms with E-state index < -0.39 is 0 Å². The van der Waals surface area contributed by atoms with Crippen LogP contribution in [0.1, 0.15) is 12.5 Å². The van der Waals surface area contributed by atoms with Gasteiger partial charge in [0.15, 0.2) is 0 Å². The van der Waals surface area contributed by atoms with Crippen LogP contribution in [-0.4, -0.2) is 17.3 Å². The smallest absolute Gasteiger partial charge is 0.0955 e.